The van der Waals surface area contributed by atoms with Crippen LogP contribution < -0.4 is 5.32 Å². The van der Waals surface area contributed by atoms with Crippen molar-refractivity contribution < 1.29 is 39.8 Å². The fraction of sp³-hybridized carbons (Fsp3) is 0.982. The molecule has 7 atom stereocenters. The average molecular weight is 927 g/mol. The lowest BCUT2D eigenvalue weighted by Gasteiger charge is -2.40. The third-order valence-electron chi connectivity index (χ3n) is 14.2. The van der Waals surface area contributed by atoms with Gasteiger partial charge in [-0.3, -0.25) is 4.79 Å². The first-order valence-corrected chi connectivity index (χ1v) is 28.7. The van der Waals surface area contributed by atoms with E-state index in [1.54, 1.807) is 0 Å². The van der Waals surface area contributed by atoms with Gasteiger partial charge in [-0.15, -0.1) is 0 Å². The van der Waals surface area contributed by atoms with E-state index in [4.69, 9.17) is 9.47 Å². The van der Waals surface area contributed by atoms with Crippen molar-refractivity contribution >= 4 is 5.91 Å². The van der Waals surface area contributed by atoms with E-state index < -0.39 is 49.5 Å². The van der Waals surface area contributed by atoms with Gasteiger partial charge in [-0.1, -0.05) is 277 Å². The average Bonchev–Trinajstić information content (AvgIpc) is 3.31. The monoisotopic (exact) mass is 926 g/mol. The van der Waals surface area contributed by atoms with Crippen LogP contribution >= 0.6 is 0 Å². The number of rotatable bonds is 50. The number of carbonyl (C=O) groups excluding carboxylic acids is 1. The van der Waals surface area contributed by atoms with Crippen molar-refractivity contribution in [2.45, 2.75) is 339 Å². The molecule has 0 saturated carbocycles. The first-order chi connectivity index (χ1) is 31.8. The molecule has 0 bridgehead atoms. The number of nitrogens with one attached hydrogen (secondary N) is 1. The molecular formula is C56H111NO8. The predicted octanol–water partition coefficient (Wildman–Crippen LogP) is 13.9. The number of hydrogen-bond acceptors (Lipinski definition) is 8. The van der Waals surface area contributed by atoms with Crippen LogP contribution in [0.25, 0.3) is 0 Å². The number of amides is 1. The lowest BCUT2D eigenvalue weighted by Crippen LogP contribution is -2.60. The highest BCUT2D eigenvalue weighted by Crippen LogP contribution is 2.23. The standard InChI is InChI=1S/C56H111NO8/c1-3-5-7-9-11-13-15-16-17-18-19-20-21-22-23-24-25-26-27-28-29-30-31-32-33-34-36-38-40-42-44-46-52(60)57-49(48-64-56-55(63)54(62)53(61)51(47-58)65-56)50(59)45-43-41-39-37-35-14-12-10-8-6-4-2/h49-51,53-56,58-59,61-63H,3-48H2,1-2H3,(H,57,60)/t49-,50+,51+,53+,54?,55?,56+/m0/s1. The third kappa shape index (κ3) is 36.8. The zero-order valence-electron chi connectivity index (χ0n) is 43.0. The molecule has 1 aliphatic rings. The number of carbonyl (C=O) groups is 1. The lowest BCUT2D eigenvalue weighted by molar-refractivity contribution is -0.302. The second kappa shape index (κ2) is 46.9. The van der Waals surface area contributed by atoms with Crippen molar-refractivity contribution in [2.24, 2.45) is 0 Å². The first-order valence-electron chi connectivity index (χ1n) is 28.7. The van der Waals surface area contributed by atoms with Crippen LogP contribution in [0.15, 0.2) is 0 Å². The van der Waals surface area contributed by atoms with E-state index in [0.717, 1.165) is 38.5 Å². The van der Waals surface area contributed by atoms with Crippen LogP contribution in [0.4, 0.5) is 0 Å². The van der Waals surface area contributed by atoms with E-state index in [9.17, 15) is 30.3 Å². The fourth-order valence-corrected chi connectivity index (χ4v) is 9.64. The minimum Gasteiger partial charge on any atom is -0.394 e. The summed E-state index contributed by atoms with van der Waals surface area (Å²) in [5.41, 5.74) is 0. The van der Waals surface area contributed by atoms with Crippen molar-refractivity contribution in [2.75, 3.05) is 13.2 Å². The van der Waals surface area contributed by atoms with E-state index in [0.29, 0.717) is 12.8 Å². The van der Waals surface area contributed by atoms with E-state index in [-0.39, 0.29) is 12.5 Å². The van der Waals surface area contributed by atoms with Crippen LogP contribution in [0.1, 0.15) is 296 Å². The van der Waals surface area contributed by atoms with Gasteiger partial charge >= 0.3 is 0 Å². The number of aliphatic hydroxyl groups excluding tert-OH is 5. The maximum atomic E-state index is 13.0. The Morgan fingerprint density at radius 1 is 0.462 bits per heavy atom. The molecule has 1 rings (SSSR count). The van der Waals surface area contributed by atoms with Crippen molar-refractivity contribution in [1.82, 2.24) is 5.32 Å². The highest BCUT2D eigenvalue weighted by molar-refractivity contribution is 5.76. The summed E-state index contributed by atoms with van der Waals surface area (Å²) in [7, 11) is 0. The molecule has 1 heterocycles. The molecule has 2 unspecified atom stereocenters. The van der Waals surface area contributed by atoms with Crippen molar-refractivity contribution in [1.29, 1.82) is 0 Å². The molecule has 6 N–H and O–H groups in total. The number of aliphatic hydroxyl groups is 5. The zero-order valence-corrected chi connectivity index (χ0v) is 43.0. The molecule has 9 nitrogen and oxygen atoms in total. The van der Waals surface area contributed by atoms with Crippen LogP contribution in [0.3, 0.4) is 0 Å². The molecular weight excluding hydrogens is 815 g/mol. The highest BCUT2D eigenvalue weighted by Gasteiger charge is 2.44. The van der Waals surface area contributed by atoms with Gasteiger partial charge in [0.2, 0.25) is 5.91 Å². The molecule has 0 aliphatic carbocycles. The molecule has 1 amide bonds. The maximum Gasteiger partial charge on any atom is 0.220 e. The van der Waals surface area contributed by atoms with Gasteiger partial charge < -0.3 is 40.3 Å². The van der Waals surface area contributed by atoms with Crippen LogP contribution in [0.5, 0.6) is 0 Å². The Hall–Kier alpha value is -0.810. The van der Waals surface area contributed by atoms with Gasteiger partial charge in [0.1, 0.15) is 24.4 Å². The minimum atomic E-state index is -1.55. The molecule has 1 fully saturated rings. The minimum absolute atomic E-state index is 0.132. The van der Waals surface area contributed by atoms with E-state index in [1.165, 1.54) is 231 Å². The summed E-state index contributed by atoms with van der Waals surface area (Å²) in [6.45, 7) is 3.86. The molecule has 0 aromatic carbocycles. The Labute approximate surface area is 402 Å². The van der Waals surface area contributed by atoms with Crippen LogP contribution in [0, 0.1) is 0 Å². The highest BCUT2D eigenvalue weighted by atomic mass is 16.7. The summed E-state index contributed by atoms with van der Waals surface area (Å²) >= 11 is 0. The normalized spacial score (nSPS) is 19.8. The van der Waals surface area contributed by atoms with Crippen molar-refractivity contribution in [3.05, 3.63) is 0 Å². The second-order valence-corrected chi connectivity index (χ2v) is 20.5. The molecule has 0 spiro atoms. The summed E-state index contributed by atoms with van der Waals surface area (Å²) < 4.78 is 11.3. The summed E-state index contributed by atoms with van der Waals surface area (Å²) in [6, 6.07) is -0.712. The summed E-state index contributed by atoms with van der Waals surface area (Å²) in [5.74, 6) is -0.138. The fourth-order valence-electron chi connectivity index (χ4n) is 9.64. The summed E-state index contributed by atoms with van der Waals surface area (Å²) in [5, 5.41) is 54.5. The van der Waals surface area contributed by atoms with Crippen molar-refractivity contribution in [3.8, 4) is 0 Å². The van der Waals surface area contributed by atoms with Gasteiger partial charge in [-0.25, -0.2) is 0 Å². The maximum absolute atomic E-state index is 13.0. The van der Waals surface area contributed by atoms with Crippen LogP contribution in [-0.4, -0.2) is 87.5 Å². The largest absolute Gasteiger partial charge is 0.394 e. The van der Waals surface area contributed by atoms with E-state index >= 15 is 0 Å². The molecule has 0 aromatic rings. The Morgan fingerprint density at radius 2 is 0.769 bits per heavy atom. The first kappa shape index (κ1) is 62.2. The second-order valence-electron chi connectivity index (χ2n) is 20.5. The van der Waals surface area contributed by atoms with Crippen LogP contribution in [-0.2, 0) is 14.3 Å². The van der Waals surface area contributed by atoms with Gasteiger partial charge in [0.05, 0.1) is 25.4 Å². The van der Waals surface area contributed by atoms with Gasteiger partial charge in [-0.2, -0.15) is 0 Å². The molecule has 65 heavy (non-hydrogen) atoms. The molecule has 388 valence electrons. The van der Waals surface area contributed by atoms with Gasteiger partial charge in [0, 0.05) is 6.42 Å². The number of unbranched alkanes of at least 4 members (excludes halogenated alkanes) is 40. The third-order valence-corrected chi connectivity index (χ3v) is 14.2. The molecule has 1 aliphatic heterocycles. The predicted molar refractivity (Wildman–Crippen MR) is 272 cm³/mol. The quantitative estimate of drug-likeness (QED) is 0.0330. The Kier molecular flexibility index (Phi) is 44.9. The Bertz CT molecular complexity index is 986. The van der Waals surface area contributed by atoms with Crippen molar-refractivity contribution in [3.63, 3.8) is 0 Å². The molecule has 0 aromatic heterocycles. The summed E-state index contributed by atoms with van der Waals surface area (Å²) in [6.07, 6.45) is 48.7. The zero-order chi connectivity index (χ0) is 47.3. The summed E-state index contributed by atoms with van der Waals surface area (Å²) in [4.78, 5) is 13.0. The number of hydrogen-bond donors (Lipinski definition) is 6. The van der Waals surface area contributed by atoms with Gasteiger partial charge in [0.25, 0.3) is 0 Å². The van der Waals surface area contributed by atoms with E-state index in [1.807, 2.05) is 0 Å². The smallest absolute Gasteiger partial charge is 0.220 e. The molecule has 1 saturated heterocycles. The Balaban J connectivity index is 2.07. The van der Waals surface area contributed by atoms with Gasteiger partial charge in [0.15, 0.2) is 6.29 Å². The topological polar surface area (TPSA) is 149 Å². The molecule has 0 radical (unpaired) electrons. The Morgan fingerprint density at radius 3 is 1.09 bits per heavy atom. The van der Waals surface area contributed by atoms with Crippen LogP contribution in [0.2, 0.25) is 0 Å². The molecule has 9 heteroatoms. The number of ether oxygens (including phenoxy) is 2. The lowest BCUT2D eigenvalue weighted by atomic mass is 9.99. The van der Waals surface area contributed by atoms with E-state index in [2.05, 4.69) is 19.2 Å². The van der Waals surface area contributed by atoms with Gasteiger partial charge in [-0.05, 0) is 12.8 Å². The SMILES string of the molecule is CCCCCCCCCCCCCCCCCCCCCCCCCCCCCCCCCC(=O)N[C@@H](CO[C@@H]1O[C@H](CO)[C@@H](O)C(O)C1O)[C@H](O)CCCCCCCCCCCCC.